The third-order valence-corrected chi connectivity index (χ3v) is 4.75. The zero-order valence-corrected chi connectivity index (χ0v) is 12.0. The molecule has 2 aliphatic heterocycles. The van der Waals surface area contributed by atoms with Gasteiger partial charge in [0.15, 0.2) is 0 Å². The van der Waals surface area contributed by atoms with Gasteiger partial charge in [0.2, 0.25) is 5.91 Å². The summed E-state index contributed by atoms with van der Waals surface area (Å²) in [4.78, 5) is 14.5. The van der Waals surface area contributed by atoms with Crippen LogP contribution in [0.2, 0.25) is 0 Å². The lowest BCUT2D eigenvalue weighted by Crippen LogP contribution is -2.45. The first-order valence-electron chi connectivity index (χ1n) is 7.20. The smallest absolute Gasteiger partial charge is 0.224 e. The summed E-state index contributed by atoms with van der Waals surface area (Å²) in [6.45, 7) is 8.51. The van der Waals surface area contributed by atoms with Crippen molar-refractivity contribution in [2.45, 2.75) is 39.2 Å². The Hall–Kier alpha value is -0.610. The average Bonchev–Trinajstić information content (AvgIpc) is 2.77. The van der Waals surface area contributed by atoms with Gasteiger partial charge in [-0.2, -0.15) is 0 Å². The van der Waals surface area contributed by atoms with Crippen LogP contribution in [0.3, 0.4) is 0 Å². The molecule has 4 heteroatoms. The maximum absolute atomic E-state index is 12.1. The number of piperidine rings is 1. The largest absolute Gasteiger partial charge is 0.355 e. The van der Waals surface area contributed by atoms with Crippen LogP contribution in [-0.4, -0.2) is 50.1 Å². The van der Waals surface area contributed by atoms with Gasteiger partial charge in [-0.1, -0.05) is 6.92 Å². The van der Waals surface area contributed by atoms with Gasteiger partial charge in [-0.15, -0.1) is 0 Å². The highest BCUT2D eigenvalue weighted by molar-refractivity contribution is 5.79. The van der Waals surface area contributed by atoms with E-state index < -0.39 is 0 Å². The van der Waals surface area contributed by atoms with Crippen molar-refractivity contribution in [2.24, 2.45) is 11.3 Å². The molecule has 2 aliphatic rings. The van der Waals surface area contributed by atoms with E-state index in [0.29, 0.717) is 6.04 Å². The minimum atomic E-state index is 0.167. The van der Waals surface area contributed by atoms with Crippen LogP contribution < -0.4 is 10.6 Å². The summed E-state index contributed by atoms with van der Waals surface area (Å²) in [5, 5.41) is 6.52. The van der Waals surface area contributed by atoms with E-state index in [4.69, 9.17) is 0 Å². The first-order chi connectivity index (χ1) is 8.50. The minimum Gasteiger partial charge on any atom is -0.355 e. The van der Waals surface area contributed by atoms with Crippen molar-refractivity contribution in [3.05, 3.63) is 0 Å². The Morgan fingerprint density at radius 2 is 2.11 bits per heavy atom. The summed E-state index contributed by atoms with van der Waals surface area (Å²) in [5.74, 6) is 0.410. The maximum Gasteiger partial charge on any atom is 0.224 e. The molecular weight excluding hydrogens is 226 g/mol. The highest BCUT2D eigenvalue weighted by Gasteiger charge is 2.33. The Kier molecular flexibility index (Phi) is 4.28. The molecule has 0 aromatic rings. The molecule has 0 aromatic heterocycles. The molecule has 104 valence electrons. The topological polar surface area (TPSA) is 44.4 Å². The van der Waals surface area contributed by atoms with Crippen molar-refractivity contribution in [1.29, 1.82) is 0 Å². The molecule has 0 radical (unpaired) electrons. The predicted octanol–water partition coefficient (Wildman–Crippen LogP) is 0.833. The summed E-state index contributed by atoms with van der Waals surface area (Å²) in [6, 6.07) is 0.329. The van der Waals surface area contributed by atoms with Crippen LogP contribution in [0, 0.1) is 11.3 Å². The summed E-state index contributed by atoms with van der Waals surface area (Å²) >= 11 is 0. The lowest BCUT2D eigenvalue weighted by atomic mass is 9.80. The number of likely N-dealkylation sites (tertiary alicyclic amines) is 1. The molecule has 2 atom stereocenters. The molecule has 4 nitrogen and oxygen atoms in total. The highest BCUT2D eigenvalue weighted by atomic mass is 16.1. The second kappa shape index (κ2) is 5.57. The van der Waals surface area contributed by atoms with Gasteiger partial charge in [-0.05, 0) is 58.3 Å². The fraction of sp³-hybridized carbons (Fsp3) is 0.929. The van der Waals surface area contributed by atoms with E-state index in [9.17, 15) is 4.79 Å². The van der Waals surface area contributed by atoms with E-state index >= 15 is 0 Å². The van der Waals surface area contributed by atoms with E-state index in [1.165, 1.54) is 12.8 Å². The molecule has 2 unspecified atom stereocenters. The van der Waals surface area contributed by atoms with Gasteiger partial charge in [0.25, 0.3) is 0 Å². The number of rotatable bonds is 3. The van der Waals surface area contributed by atoms with Crippen LogP contribution in [0.5, 0.6) is 0 Å². The quantitative estimate of drug-likeness (QED) is 0.783. The number of nitrogens with zero attached hydrogens (tertiary/aromatic N) is 1. The molecule has 2 rings (SSSR count). The summed E-state index contributed by atoms with van der Waals surface area (Å²) < 4.78 is 0. The van der Waals surface area contributed by atoms with E-state index in [1.807, 2.05) is 0 Å². The van der Waals surface area contributed by atoms with E-state index in [2.05, 4.69) is 36.4 Å². The van der Waals surface area contributed by atoms with Crippen molar-refractivity contribution in [3.63, 3.8) is 0 Å². The average molecular weight is 253 g/mol. The maximum atomic E-state index is 12.1. The Morgan fingerprint density at radius 1 is 1.44 bits per heavy atom. The molecule has 0 saturated carbocycles. The monoisotopic (exact) mass is 253 g/mol. The number of hydrogen-bond donors (Lipinski definition) is 2. The number of amides is 1. The van der Waals surface area contributed by atoms with Gasteiger partial charge in [0.05, 0.1) is 5.92 Å². The standard InChI is InChI=1S/C14H27N3O/c1-11-12(4-7-15-11)13(18)16-10-14(2)5-8-17(3)9-6-14/h11-12,15H,4-10H2,1-3H3,(H,16,18). The van der Waals surface area contributed by atoms with Crippen molar-refractivity contribution >= 4 is 5.91 Å². The number of nitrogens with one attached hydrogen (secondary N) is 2. The number of hydrogen-bond acceptors (Lipinski definition) is 3. The lowest BCUT2D eigenvalue weighted by Gasteiger charge is -2.38. The zero-order valence-electron chi connectivity index (χ0n) is 12.0. The third-order valence-electron chi connectivity index (χ3n) is 4.75. The molecule has 1 amide bonds. The van der Waals surface area contributed by atoms with Gasteiger partial charge >= 0.3 is 0 Å². The second-order valence-electron chi connectivity index (χ2n) is 6.47. The molecule has 0 aliphatic carbocycles. The summed E-state index contributed by atoms with van der Waals surface area (Å²) in [7, 11) is 2.17. The molecule has 18 heavy (non-hydrogen) atoms. The normalized spacial score (nSPS) is 32.4. The first-order valence-corrected chi connectivity index (χ1v) is 7.20. The summed E-state index contributed by atoms with van der Waals surface area (Å²) in [5.41, 5.74) is 0.289. The summed E-state index contributed by atoms with van der Waals surface area (Å²) in [6.07, 6.45) is 3.34. The number of carbonyl (C=O) groups excluding carboxylic acids is 1. The van der Waals surface area contributed by atoms with E-state index in [0.717, 1.165) is 32.6 Å². The van der Waals surface area contributed by atoms with E-state index in [-0.39, 0.29) is 17.2 Å². The molecular formula is C14H27N3O. The Balaban J connectivity index is 1.78. The SMILES string of the molecule is CC1NCCC1C(=O)NCC1(C)CCN(C)CC1. The fourth-order valence-corrected chi connectivity index (χ4v) is 2.98. The van der Waals surface area contributed by atoms with Crippen LogP contribution in [-0.2, 0) is 4.79 Å². The van der Waals surface area contributed by atoms with Gasteiger partial charge < -0.3 is 15.5 Å². The molecule has 2 heterocycles. The first kappa shape index (κ1) is 13.8. The molecule has 2 fully saturated rings. The Morgan fingerprint density at radius 3 is 2.67 bits per heavy atom. The fourth-order valence-electron chi connectivity index (χ4n) is 2.98. The van der Waals surface area contributed by atoms with Crippen LogP contribution in [0.25, 0.3) is 0 Å². The predicted molar refractivity (Wildman–Crippen MR) is 73.4 cm³/mol. The molecule has 0 aromatic carbocycles. The van der Waals surface area contributed by atoms with E-state index in [1.54, 1.807) is 0 Å². The molecule has 0 spiro atoms. The van der Waals surface area contributed by atoms with Crippen LogP contribution >= 0.6 is 0 Å². The lowest BCUT2D eigenvalue weighted by molar-refractivity contribution is -0.125. The molecule has 2 N–H and O–H groups in total. The van der Waals surface area contributed by atoms with Crippen molar-refractivity contribution in [1.82, 2.24) is 15.5 Å². The Labute approximate surface area is 110 Å². The van der Waals surface area contributed by atoms with Gasteiger partial charge in [-0.3, -0.25) is 4.79 Å². The van der Waals surface area contributed by atoms with Crippen LogP contribution in [0.4, 0.5) is 0 Å². The second-order valence-corrected chi connectivity index (χ2v) is 6.47. The highest BCUT2D eigenvalue weighted by Crippen LogP contribution is 2.29. The molecule has 2 saturated heterocycles. The Bertz CT molecular complexity index is 297. The third kappa shape index (κ3) is 3.23. The zero-order chi connectivity index (χ0) is 13.2. The van der Waals surface area contributed by atoms with Gasteiger partial charge in [-0.25, -0.2) is 0 Å². The van der Waals surface area contributed by atoms with Crippen LogP contribution in [0.1, 0.15) is 33.1 Å². The van der Waals surface area contributed by atoms with Gasteiger partial charge in [0, 0.05) is 12.6 Å². The van der Waals surface area contributed by atoms with Gasteiger partial charge in [0.1, 0.15) is 0 Å². The number of carbonyl (C=O) groups is 1. The molecule has 0 bridgehead atoms. The van der Waals surface area contributed by atoms with Crippen molar-refractivity contribution in [3.8, 4) is 0 Å². The van der Waals surface area contributed by atoms with Crippen molar-refractivity contribution < 1.29 is 4.79 Å². The minimum absolute atomic E-state index is 0.167. The van der Waals surface area contributed by atoms with Crippen molar-refractivity contribution in [2.75, 3.05) is 33.2 Å². The van der Waals surface area contributed by atoms with Crippen LogP contribution in [0.15, 0.2) is 0 Å².